The van der Waals surface area contributed by atoms with Crippen LogP contribution in [0.2, 0.25) is 0 Å². The van der Waals surface area contributed by atoms with Crippen LogP contribution in [0.5, 0.6) is 0 Å². The van der Waals surface area contributed by atoms with Gasteiger partial charge in [0.15, 0.2) is 0 Å². The highest BCUT2D eigenvalue weighted by atomic mass is 19.4. The summed E-state index contributed by atoms with van der Waals surface area (Å²) in [6, 6.07) is 6.24. The molecule has 0 fully saturated rings. The molecule has 0 aliphatic carbocycles. The zero-order valence-corrected chi connectivity index (χ0v) is 8.99. The number of rotatable bonds is 1. The van der Waals surface area contributed by atoms with Gasteiger partial charge in [-0.3, -0.25) is 9.97 Å². The van der Waals surface area contributed by atoms with Crippen molar-refractivity contribution in [3.63, 3.8) is 0 Å². The van der Waals surface area contributed by atoms with Crippen LogP contribution < -0.4 is 0 Å². The Bertz CT molecular complexity index is 535. The Kier molecular flexibility index (Phi) is 2.83. The van der Waals surface area contributed by atoms with Crippen molar-refractivity contribution >= 4 is 0 Å². The minimum Gasteiger partial charge on any atom is -0.263 e. The molecule has 88 valence electrons. The van der Waals surface area contributed by atoms with Crippen molar-refractivity contribution in [3.8, 4) is 11.3 Å². The molecule has 2 heterocycles. The third-order valence-electron chi connectivity index (χ3n) is 2.25. The molecule has 2 aromatic rings. The highest BCUT2D eigenvalue weighted by Gasteiger charge is 2.31. The molecular formula is C12H9F3N2. The minimum atomic E-state index is -4.38. The van der Waals surface area contributed by atoms with Crippen LogP contribution in [0, 0.1) is 6.92 Å². The second-order valence-corrected chi connectivity index (χ2v) is 3.62. The van der Waals surface area contributed by atoms with Gasteiger partial charge in [0.2, 0.25) is 0 Å². The largest absolute Gasteiger partial charge is 0.417 e. The highest BCUT2D eigenvalue weighted by Crippen LogP contribution is 2.30. The number of aromatic nitrogens is 2. The molecule has 0 aliphatic heterocycles. The molecule has 2 nitrogen and oxygen atoms in total. The van der Waals surface area contributed by atoms with Crippen LogP contribution in [0.1, 0.15) is 11.3 Å². The van der Waals surface area contributed by atoms with Crippen LogP contribution in [-0.2, 0) is 6.18 Å². The molecular weight excluding hydrogens is 229 g/mol. The van der Waals surface area contributed by atoms with Gasteiger partial charge in [-0.2, -0.15) is 13.2 Å². The van der Waals surface area contributed by atoms with Crippen molar-refractivity contribution < 1.29 is 13.2 Å². The standard InChI is InChI=1S/C12H9F3N2/c1-8-3-2-4-11(17-8)9-5-10(7-16-6-9)12(13,14)15/h2-7H,1H3. The monoisotopic (exact) mass is 238 g/mol. The van der Waals surface area contributed by atoms with Gasteiger partial charge in [0.05, 0.1) is 11.3 Å². The first-order valence-electron chi connectivity index (χ1n) is 4.93. The van der Waals surface area contributed by atoms with E-state index < -0.39 is 11.7 Å². The van der Waals surface area contributed by atoms with Crippen LogP contribution in [0.15, 0.2) is 36.7 Å². The molecule has 0 saturated carbocycles. The Balaban J connectivity index is 2.47. The molecule has 0 N–H and O–H groups in total. The Labute approximate surface area is 96.2 Å². The van der Waals surface area contributed by atoms with Gasteiger partial charge in [-0.1, -0.05) is 6.07 Å². The van der Waals surface area contributed by atoms with Crippen molar-refractivity contribution in [1.29, 1.82) is 0 Å². The summed E-state index contributed by atoms with van der Waals surface area (Å²) in [6.07, 6.45) is -2.21. The Morgan fingerprint density at radius 2 is 1.88 bits per heavy atom. The molecule has 0 unspecified atom stereocenters. The summed E-state index contributed by atoms with van der Waals surface area (Å²) in [5.41, 5.74) is 0.838. The molecule has 0 saturated heterocycles. The molecule has 0 spiro atoms. The second-order valence-electron chi connectivity index (χ2n) is 3.62. The van der Waals surface area contributed by atoms with E-state index in [0.717, 1.165) is 18.0 Å². The Morgan fingerprint density at radius 1 is 1.12 bits per heavy atom. The van der Waals surface area contributed by atoms with Gasteiger partial charge in [-0.05, 0) is 25.1 Å². The summed E-state index contributed by atoms with van der Waals surface area (Å²) >= 11 is 0. The molecule has 0 bridgehead atoms. The van der Waals surface area contributed by atoms with E-state index in [1.54, 1.807) is 25.1 Å². The smallest absolute Gasteiger partial charge is 0.263 e. The SMILES string of the molecule is Cc1cccc(-c2cncc(C(F)(F)F)c2)n1. The normalized spacial score (nSPS) is 11.5. The van der Waals surface area contributed by atoms with Gasteiger partial charge in [0.25, 0.3) is 0 Å². The number of aryl methyl sites for hydroxylation is 1. The highest BCUT2D eigenvalue weighted by molar-refractivity contribution is 5.58. The van der Waals surface area contributed by atoms with Crippen LogP contribution in [0.3, 0.4) is 0 Å². The fourth-order valence-corrected chi connectivity index (χ4v) is 1.44. The fourth-order valence-electron chi connectivity index (χ4n) is 1.44. The van der Waals surface area contributed by atoms with E-state index in [-0.39, 0.29) is 0 Å². The third-order valence-corrected chi connectivity index (χ3v) is 2.25. The fraction of sp³-hybridized carbons (Fsp3) is 0.167. The van der Waals surface area contributed by atoms with E-state index in [0.29, 0.717) is 11.3 Å². The maximum absolute atomic E-state index is 12.5. The zero-order valence-electron chi connectivity index (χ0n) is 8.99. The van der Waals surface area contributed by atoms with Crippen molar-refractivity contribution in [2.45, 2.75) is 13.1 Å². The first kappa shape index (κ1) is 11.6. The van der Waals surface area contributed by atoms with E-state index in [1.807, 2.05) is 0 Å². The first-order chi connectivity index (χ1) is 7.97. The molecule has 5 heteroatoms. The number of hydrogen-bond donors (Lipinski definition) is 0. The summed E-state index contributed by atoms with van der Waals surface area (Å²) in [5, 5.41) is 0. The lowest BCUT2D eigenvalue weighted by atomic mass is 10.1. The van der Waals surface area contributed by atoms with E-state index in [4.69, 9.17) is 0 Å². The van der Waals surface area contributed by atoms with Gasteiger partial charge in [-0.15, -0.1) is 0 Å². The van der Waals surface area contributed by atoms with E-state index >= 15 is 0 Å². The van der Waals surface area contributed by atoms with E-state index in [1.165, 1.54) is 6.20 Å². The lowest BCUT2D eigenvalue weighted by molar-refractivity contribution is -0.137. The summed E-state index contributed by atoms with van der Waals surface area (Å²) in [6.45, 7) is 1.78. The molecule has 0 aliphatic rings. The van der Waals surface area contributed by atoms with Crippen molar-refractivity contribution in [3.05, 3.63) is 47.9 Å². The quantitative estimate of drug-likeness (QED) is 0.760. The van der Waals surface area contributed by atoms with Gasteiger partial charge in [0.1, 0.15) is 0 Å². The predicted octanol–water partition coefficient (Wildman–Crippen LogP) is 3.47. The maximum Gasteiger partial charge on any atom is 0.417 e. The maximum atomic E-state index is 12.5. The molecule has 0 amide bonds. The van der Waals surface area contributed by atoms with Gasteiger partial charge in [0, 0.05) is 23.7 Å². The number of alkyl halides is 3. The summed E-state index contributed by atoms with van der Waals surface area (Å²) in [5.74, 6) is 0. The van der Waals surface area contributed by atoms with Crippen LogP contribution in [0.4, 0.5) is 13.2 Å². The third kappa shape index (κ3) is 2.61. The average Bonchev–Trinajstić information content (AvgIpc) is 2.28. The lowest BCUT2D eigenvalue weighted by Gasteiger charge is -2.07. The topological polar surface area (TPSA) is 25.8 Å². The van der Waals surface area contributed by atoms with Crippen molar-refractivity contribution in [2.75, 3.05) is 0 Å². The van der Waals surface area contributed by atoms with E-state index in [2.05, 4.69) is 9.97 Å². The summed E-state index contributed by atoms with van der Waals surface area (Å²) in [7, 11) is 0. The molecule has 0 radical (unpaired) electrons. The van der Waals surface area contributed by atoms with Crippen LogP contribution in [-0.4, -0.2) is 9.97 Å². The molecule has 17 heavy (non-hydrogen) atoms. The van der Waals surface area contributed by atoms with Gasteiger partial charge >= 0.3 is 6.18 Å². The van der Waals surface area contributed by atoms with E-state index in [9.17, 15) is 13.2 Å². The zero-order chi connectivity index (χ0) is 12.5. The predicted molar refractivity (Wildman–Crippen MR) is 57.2 cm³/mol. The molecule has 2 rings (SSSR count). The van der Waals surface area contributed by atoms with Crippen molar-refractivity contribution in [1.82, 2.24) is 9.97 Å². The Morgan fingerprint density at radius 3 is 2.53 bits per heavy atom. The van der Waals surface area contributed by atoms with Gasteiger partial charge < -0.3 is 0 Å². The number of pyridine rings is 2. The molecule has 2 aromatic heterocycles. The summed E-state index contributed by atoms with van der Waals surface area (Å²) < 4.78 is 37.5. The molecule has 0 atom stereocenters. The average molecular weight is 238 g/mol. The Hall–Kier alpha value is -1.91. The van der Waals surface area contributed by atoms with Crippen LogP contribution in [0.25, 0.3) is 11.3 Å². The van der Waals surface area contributed by atoms with Crippen LogP contribution >= 0.6 is 0 Å². The van der Waals surface area contributed by atoms with Crippen molar-refractivity contribution in [2.24, 2.45) is 0 Å². The number of hydrogen-bond acceptors (Lipinski definition) is 2. The molecule has 0 aromatic carbocycles. The minimum absolute atomic E-state index is 0.364. The number of halogens is 3. The summed E-state index contributed by atoms with van der Waals surface area (Å²) in [4.78, 5) is 7.76. The van der Waals surface area contributed by atoms with Gasteiger partial charge in [-0.25, -0.2) is 0 Å². The number of nitrogens with zero attached hydrogens (tertiary/aromatic N) is 2. The second kappa shape index (κ2) is 4.16. The first-order valence-corrected chi connectivity index (χ1v) is 4.93. The lowest BCUT2D eigenvalue weighted by Crippen LogP contribution is -2.05.